The van der Waals surface area contributed by atoms with Gasteiger partial charge in [0.05, 0.1) is 5.60 Å². The number of hydrogen-bond donors (Lipinski definition) is 2. The molecule has 1 aromatic rings. The number of benzene rings is 1. The second-order valence-electron chi connectivity index (χ2n) is 5.05. The third-order valence-electron chi connectivity index (χ3n) is 3.63. The molecule has 1 aliphatic carbocycles. The van der Waals surface area contributed by atoms with E-state index < -0.39 is 5.60 Å². The largest absolute Gasteiger partial charge is 0.384 e. The summed E-state index contributed by atoms with van der Waals surface area (Å²) in [5.41, 5.74) is 1.65. The molecular weight excluding hydrogens is 198 g/mol. The van der Waals surface area contributed by atoms with Gasteiger partial charge in [0, 0.05) is 6.54 Å². The van der Waals surface area contributed by atoms with Crippen LogP contribution in [-0.4, -0.2) is 18.7 Å². The molecule has 0 aromatic heterocycles. The van der Waals surface area contributed by atoms with Gasteiger partial charge >= 0.3 is 0 Å². The summed E-state index contributed by atoms with van der Waals surface area (Å²) in [6.45, 7) is 2.43. The average Bonchev–Trinajstić information content (AvgIpc) is 2.16. The minimum atomic E-state index is -0.771. The molecule has 0 radical (unpaired) electrons. The number of likely N-dealkylation sites (N-methyl/N-ethyl adjacent to an activating group) is 1. The standard InChI is InChI=1S/C14H21NO/c1-14(16,10-15-2)13-8-6-12(7-9-13)11-4-3-5-11/h6-9,11,15-16H,3-5,10H2,1-2H3. The monoisotopic (exact) mass is 219 g/mol. The highest BCUT2D eigenvalue weighted by molar-refractivity contribution is 5.30. The van der Waals surface area contributed by atoms with Gasteiger partial charge in [-0.15, -0.1) is 0 Å². The van der Waals surface area contributed by atoms with Gasteiger partial charge < -0.3 is 10.4 Å². The second kappa shape index (κ2) is 4.56. The Hall–Kier alpha value is -0.860. The fraction of sp³-hybridized carbons (Fsp3) is 0.571. The molecule has 1 saturated carbocycles. The predicted molar refractivity (Wildman–Crippen MR) is 66.5 cm³/mol. The molecule has 2 nitrogen and oxygen atoms in total. The van der Waals surface area contributed by atoms with Crippen LogP contribution >= 0.6 is 0 Å². The van der Waals surface area contributed by atoms with Crippen molar-refractivity contribution >= 4 is 0 Å². The number of nitrogens with one attached hydrogen (secondary N) is 1. The maximum atomic E-state index is 10.2. The molecule has 2 heteroatoms. The molecule has 16 heavy (non-hydrogen) atoms. The SMILES string of the molecule is CNCC(C)(O)c1ccc(C2CCC2)cc1. The molecule has 1 atom stereocenters. The van der Waals surface area contributed by atoms with E-state index in [1.165, 1.54) is 24.8 Å². The van der Waals surface area contributed by atoms with Gasteiger partial charge in [-0.1, -0.05) is 30.7 Å². The minimum Gasteiger partial charge on any atom is -0.384 e. The molecule has 1 fully saturated rings. The van der Waals surface area contributed by atoms with Crippen molar-refractivity contribution in [3.8, 4) is 0 Å². The molecule has 0 amide bonds. The molecule has 0 aliphatic heterocycles. The molecular formula is C14H21NO. The third kappa shape index (κ3) is 2.28. The van der Waals surface area contributed by atoms with E-state index in [4.69, 9.17) is 0 Å². The zero-order valence-electron chi connectivity index (χ0n) is 10.2. The zero-order chi connectivity index (χ0) is 11.6. The highest BCUT2D eigenvalue weighted by atomic mass is 16.3. The summed E-state index contributed by atoms with van der Waals surface area (Å²) >= 11 is 0. The van der Waals surface area contributed by atoms with Crippen LogP contribution in [-0.2, 0) is 5.60 Å². The van der Waals surface area contributed by atoms with Crippen LogP contribution in [0.2, 0.25) is 0 Å². The molecule has 0 saturated heterocycles. The lowest BCUT2D eigenvalue weighted by Gasteiger charge is -2.27. The Morgan fingerprint density at radius 1 is 1.31 bits per heavy atom. The lowest BCUT2D eigenvalue weighted by atomic mass is 9.79. The first-order chi connectivity index (χ1) is 7.63. The van der Waals surface area contributed by atoms with Gasteiger partial charge in [-0.05, 0) is 43.9 Å². The van der Waals surface area contributed by atoms with Crippen molar-refractivity contribution < 1.29 is 5.11 Å². The van der Waals surface area contributed by atoms with E-state index >= 15 is 0 Å². The molecule has 1 unspecified atom stereocenters. The van der Waals surface area contributed by atoms with Crippen LogP contribution in [0.5, 0.6) is 0 Å². The van der Waals surface area contributed by atoms with E-state index in [9.17, 15) is 5.11 Å². The summed E-state index contributed by atoms with van der Waals surface area (Å²) in [4.78, 5) is 0. The van der Waals surface area contributed by atoms with E-state index in [0.717, 1.165) is 11.5 Å². The van der Waals surface area contributed by atoms with Crippen molar-refractivity contribution in [3.63, 3.8) is 0 Å². The lowest BCUT2D eigenvalue weighted by Crippen LogP contribution is -2.33. The first-order valence-electron chi connectivity index (χ1n) is 6.11. The normalized spacial score (nSPS) is 20.2. The quantitative estimate of drug-likeness (QED) is 0.815. The van der Waals surface area contributed by atoms with Gasteiger partial charge in [-0.3, -0.25) is 0 Å². The summed E-state index contributed by atoms with van der Waals surface area (Å²) in [6.07, 6.45) is 4.02. The van der Waals surface area contributed by atoms with Crippen LogP contribution in [0.3, 0.4) is 0 Å². The van der Waals surface area contributed by atoms with E-state index in [-0.39, 0.29) is 0 Å². The van der Waals surface area contributed by atoms with Gasteiger partial charge in [0.25, 0.3) is 0 Å². The topological polar surface area (TPSA) is 32.3 Å². The zero-order valence-corrected chi connectivity index (χ0v) is 10.2. The van der Waals surface area contributed by atoms with Gasteiger partial charge in [0.1, 0.15) is 0 Å². The van der Waals surface area contributed by atoms with Crippen molar-refractivity contribution in [2.24, 2.45) is 0 Å². The highest BCUT2D eigenvalue weighted by Crippen LogP contribution is 2.36. The average molecular weight is 219 g/mol. The first-order valence-corrected chi connectivity index (χ1v) is 6.11. The van der Waals surface area contributed by atoms with Gasteiger partial charge in [0.2, 0.25) is 0 Å². The fourth-order valence-corrected chi connectivity index (χ4v) is 2.30. The maximum absolute atomic E-state index is 10.2. The minimum absolute atomic E-state index is 0.579. The Bertz CT molecular complexity index is 338. The van der Waals surface area contributed by atoms with E-state index in [1.54, 1.807) is 0 Å². The van der Waals surface area contributed by atoms with Crippen molar-refractivity contribution in [2.75, 3.05) is 13.6 Å². The van der Waals surface area contributed by atoms with E-state index in [0.29, 0.717) is 6.54 Å². The molecule has 2 rings (SSSR count). The molecule has 0 spiro atoms. The van der Waals surface area contributed by atoms with Crippen molar-refractivity contribution in [1.29, 1.82) is 0 Å². The predicted octanol–water partition coefficient (Wildman–Crippen LogP) is 2.38. The first kappa shape index (κ1) is 11.6. The maximum Gasteiger partial charge on any atom is 0.0992 e. The molecule has 1 aromatic carbocycles. The summed E-state index contributed by atoms with van der Waals surface area (Å²) in [7, 11) is 1.86. The molecule has 2 N–H and O–H groups in total. The highest BCUT2D eigenvalue weighted by Gasteiger charge is 2.23. The smallest absolute Gasteiger partial charge is 0.0992 e. The van der Waals surface area contributed by atoms with Gasteiger partial charge in [-0.25, -0.2) is 0 Å². The van der Waals surface area contributed by atoms with Crippen LogP contribution in [0.15, 0.2) is 24.3 Å². The number of aliphatic hydroxyl groups is 1. The summed E-state index contributed by atoms with van der Waals surface area (Å²) in [6, 6.07) is 8.46. The van der Waals surface area contributed by atoms with E-state index in [1.807, 2.05) is 14.0 Å². The van der Waals surface area contributed by atoms with Crippen molar-refractivity contribution in [3.05, 3.63) is 35.4 Å². The Labute approximate surface area is 97.7 Å². The van der Waals surface area contributed by atoms with Crippen LogP contribution in [0.1, 0.15) is 43.2 Å². The fourth-order valence-electron chi connectivity index (χ4n) is 2.30. The second-order valence-corrected chi connectivity index (χ2v) is 5.05. The van der Waals surface area contributed by atoms with Crippen LogP contribution in [0.4, 0.5) is 0 Å². The molecule has 88 valence electrons. The number of hydrogen-bond acceptors (Lipinski definition) is 2. The van der Waals surface area contributed by atoms with Crippen LogP contribution in [0.25, 0.3) is 0 Å². The van der Waals surface area contributed by atoms with Crippen molar-refractivity contribution in [1.82, 2.24) is 5.32 Å². The van der Waals surface area contributed by atoms with Crippen LogP contribution in [0, 0.1) is 0 Å². The Morgan fingerprint density at radius 3 is 2.38 bits per heavy atom. The molecule has 0 heterocycles. The Kier molecular flexibility index (Phi) is 3.31. The lowest BCUT2D eigenvalue weighted by molar-refractivity contribution is 0.0591. The summed E-state index contributed by atoms with van der Waals surface area (Å²) in [5.74, 6) is 0.767. The van der Waals surface area contributed by atoms with Crippen molar-refractivity contribution in [2.45, 2.75) is 37.7 Å². The number of rotatable bonds is 4. The van der Waals surface area contributed by atoms with Crippen LogP contribution < -0.4 is 5.32 Å². The molecule has 0 bridgehead atoms. The van der Waals surface area contributed by atoms with E-state index in [2.05, 4.69) is 29.6 Å². The summed E-state index contributed by atoms with van der Waals surface area (Å²) in [5, 5.41) is 13.2. The molecule has 1 aliphatic rings. The summed E-state index contributed by atoms with van der Waals surface area (Å²) < 4.78 is 0. The Morgan fingerprint density at radius 2 is 1.94 bits per heavy atom. The Balaban J connectivity index is 2.11. The van der Waals surface area contributed by atoms with Gasteiger partial charge in [0.15, 0.2) is 0 Å². The third-order valence-corrected chi connectivity index (χ3v) is 3.63. The van der Waals surface area contributed by atoms with Gasteiger partial charge in [-0.2, -0.15) is 0 Å².